The predicted molar refractivity (Wildman–Crippen MR) is 39.8 cm³/mol. The Bertz CT molecular complexity index is 120. The molecule has 0 unspecified atom stereocenters. The first-order valence-electron chi connectivity index (χ1n) is 2.90. The van der Waals surface area contributed by atoms with Gasteiger partial charge in [0.25, 0.3) is 0 Å². The molecule has 0 amide bonds. The molecular formula is C6H10O2S. The van der Waals surface area contributed by atoms with Crippen molar-refractivity contribution in [3.05, 3.63) is 0 Å². The van der Waals surface area contributed by atoms with Gasteiger partial charge in [-0.3, -0.25) is 4.79 Å². The number of thiocarbonyl (C=S) groups is 1. The van der Waals surface area contributed by atoms with Gasteiger partial charge in [-0.2, -0.15) is 0 Å². The Morgan fingerprint density at radius 1 is 1.56 bits per heavy atom. The number of hydrogen-bond donors (Lipinski definition) is 1. The number of carboxylic acid groups (broad SMARTS) is 1. The molecule has 0 spiro atoms. The quantitative estimate of drug-likeness (QED) is 0.612. The van der Waals surface area contributed by atoms with E-state index in [9.17, 15) is 4.79 Å². The van der Waals surface area contributed by atoms with E-state index in [1.807, 2.05) is 6.92 Å². The van der Waals surface area contributed by atoms with Crippen molar-refractivity contribution >= 4 is 23.1 Å². The minimum absolute atomic E-state index is 0.173. The van der Waals surface area contributed by atoms with Crippen molar-refractivity contribution in [2.24, 2.45) is 0 Å². The molecule has 0 aliphatic rings. The van der Waals surface area contributed by atoms with Crippen LogP contribution in [-0.2, 0) is 4.79 Å². The Morgan fingerprint density at radius 2 is 2.11 bits per heavy atom. The summed E-state index contributed by atoms with van der Waals surface area (Å²) < 4.78 is 0. The van der Waals surface area contributed by atoms with Crippen molar-refractivity contribution in [2.75, 3.05) is 0 Å². The lowest BCUT2D eigenvalue weighted by atomic mass is 10.2. The SMILES string of the molecule is CCC(=S)CCC(=O)O. The molecule has 0 saturated heterocycles. The fraction of sp³-hybridized carbons (Fsp3) is 0.667. The van der Waals surface area contributed by atoms with Crippen molar-refractivity contribution in [3.63, 3.8) is 0 Å². The first-order valence-corrected chi connectivity index (χ1v) is 3.31. The highest BCUT2D eigenvalue weighted by molar-refractivity contribution is 7.80. The Morgan fingerprint density at radius 3 is 2.44 bits per heavy atom. The van der Waals surface area contributed by atoms with E-state index in [1.165, 1.54) is 0 Å². The molecule has 0 fully saturated rings. The molecule has 0 rings (SSSR count). The number of aliphatic carboxylic acids is 1. The average molecular weight is 146 g/mol. The smallest absolute Gasteiger partial charge is 0.303 e. The molecule has 0 bridgehead atoms. The van der Waals surface area contributed by atoms with Crippen LogP contribution in [0.3, 0.4) is 0 Å². The minimum Gasteiger partial charge on any atom is -0.481 e. The van der Waals surface area contributed by atoms with Gasteiger partial charge in [-0.1, -0.05) is 19.1 Å². The van der Waals surface area contributed by atoms with Gasteiger partial charge in [-0.25, -0.2) is 0 Å². The first-order chi connectivity index (χ1) is 4.16. The van der Waals surface area contributed by atoms with E-state index in [4.69, 9.17) is 17.3 Å². The minimum atomic E-state index is -0.772. The lowest BCUT2D eigenvalue weighted by molar-refractivity contribution is -0.136. The fourth-order valence-corrected chi connectivity index (χ4v) is 0.525. The van der Waals surface area contributed by atoms with E-state index in [0.29, 0.717) is 6.42 Å². The van der Waals surface area contributed by atoms with Crippen LogP contribution >= 0.6 is 12.2 Å². The molecular weight excluding hydrogens is 136 g/mol. The maximum absolute atomic E-state index is 9.96. The third kappa shape index (κ3) is 5.43. The standard InChI is InChI=1S/C6H10O2S/c1-2-5(9)3-4-6(7)8/h2-4H2,1H3,(H,7,8). The molecule has 1 N–H and O–H groups in total. The molecule has 9 heavy (non-hydrogen) atoms. The molecule has 3 heteroatoms. The van der Waals surface area contributed by atoms with Crippen LogP contribution in [0.4, 0.5) is 0 Å². The number of carbonyl (C=O) groups is 1. The molecule has 52 valence electrons. The van der Waals surface area contributed by atoms with Crippen molar-refractivity contribution in [1.82, 2.24) is 0 Å². The van der Waals surface area contributed by atoms with Crippen LogP contribution in [0.15, 0.2) is 0 Å². The van der Waals surface area contributed by atoms with Gasteiger partial charge in [-0.15, -0.1) is 0 Å². The van der Waals surface area contributed by atoms with Gasteiger partial charge in [0.05, 0.1) is 0 Å². The molecule has 0 aliphatic heterocycles. The zero-order valence-electron chi connectivity index (χ0n) is 5.39. The average Bonchev–Trinajstić information content (AvgIpc) is 1.83. The summed E-state index contributed by atoms with van der Waals surface area (Å²) in [6.45, 7) is 1.93. The second-order valence-corrected chi connectivity index (χ2v) is 2.36. The van der Waals surface area contributed by atoms with Gasteiger partial charge in [0.1, 0.15) is 0 Å². The van der Waals surface area contributed by atoms with E-state index in [0.717, 1.165) is 11.3 Å². The second kappa shape index (κ2) is 4.44. The topological polar surface area (TPSA) is 37.3 Å². The number of hydrogen-bond acceptors (Lipinski definition) is 2. The van der Waals surface area contributed by atoms with Crippen molar-refractivity contribution < 1.29 is 9.90 Å². The van der Waals surface area contributed by atoms with Gasteiger partial charge in [0.15, 0.2) is 0 Å². The van der Waals surface area contributed by atoms with Gasteiger partial charge in [0, 0.05) is 6.42 Å². The van der Waals surface area contributed by atoms with E-state index in [-0.39, 0.29) is 6.42 Å². The number of rotatable bonds is 4. The van der Waals surface area contributed by atoms with Gasteiger partial charge in [0.2, 0.25) is 0 Å². The molecule has 0 saturated carbocycles. The summed E-state index contributed by atoms with van der Waals surface area (Å²) in [7, 11) is 0. The van der Waals surface area contributed by atoms with Gasteiger partial charge >= 0.3 is 5.97 Å². The molecule has 0 atom stereocenters. The monoisotopic (exact) mass is 146 g/mol. The molecule has 0 aromatic rings. The first kappa shape index (κ1) is 8.56. The van der Waals surface area contributed by atoms with Gasteiger partial charge < -0.3 is 5.11 Å². The lowest BCUT2D eigenvalue weighted by Gasteiger charge is -1.93. The van der Waals surface area contributed by atoms with Gasteiger partial charge in [-0.05, 0) is 17.7 Å². The van der Waals surface area contributed by atoms with E-state index >= 15 is 0 Å². The van der Waals surface area contributed by atoms with Crippen LogP contribution in [0.1, 0.15) is 26.2 Å². The van der Waals surface area contributed by atoms with Crippen LogP contribution in [0.2, 0.25) is 0 Å². The highest BCUT2D eigenvalue weighted by Crippen LogP contribution is 1.96. The van der Waals surface area contributed by atoms with Crippen LogP contribution in [-0.4, -0.2) is 15.9 Å². The summed E-state index contributed by atoms with van der Waals surface area (Å²) in [6, 6.07) is 0. The molecule has 0 aliphatic carbocycles. The second-order valence-electron chi connectivity index (χ2n) is 1.79. The summed E-state index contributed by atoms with van der Waals surface area (Å²) in [5.74, 6) is -0.772. The lowest BCUT2D eigenvalue weighted by Crippen LogP contribution is -1.99. The summed E-state index contributed by atoms with van der Waals surface area (Å²) in [4.78, 5) is 10.8. The van der Waals surface area contributed by atoms with E-state index in [2.05, 4.69) is 0 Å². The van der Waals surface area contributed by atoms with Crippen molar-refractivity contribution in [3.8, 4) is 0 Å². The fourth-order valence-electron chi connectivity index (χ4n) is 0.423. The van der Waals surface area contributed by atoms with E-state index < -0.39 is 5.97 Å². The zero-order valence-corrected chi connectivity index (χ0v) is 6.20. The summed E-state index contributed by atoms with van der Waals surface area (Å²) >= 11 is 4.81. The highest BCUT2D eigenvalue weighted by Gasteiger charge is 1.98. The molecule has 0 aromatic carbocycles. The van der Waals surface area contributed by atoms with Crippen LogP contribution in [0, 0.1) is 0 Å². The molecule has 2 nitrogen and oxygen atoms in total. The molecule has 0 radical (unpaired) electrons. The summed E-state index contributed by atoms with van der Waals surface area (Å²) in [5, 5.41) is 8.20. The third-order valence-corrected chi connectivity index (χ3v) is 1.50. The maximum atomic E-state index is 9.96. The largest absolute Gasteiger partial charge is 0.481 e. The summed E-state index contributed by atoms with van der Waals surface area (Å²) in [5.41, 5.74) is 0. The van der Waals surface area contributed by atoms with Crippen LogP contribution in [0.5, 0.6) is 0 Å². The number of carboxylic acids is 1. The van der Waals surface area contributed by atoms with Crippen molar-refractivity contribution in [1.29, 1.82) is 0 Å². The highest BCUT2D eigenvalue weighted by atomic mass is 32.1. The Hall–Kier alpha value is -0.440. The Balaban J connectivity index is 3.28. The van der Waals surface area contributed by atoms with E-state index in [1.54, 1.807) is 0 Å². The Labute approximate surface area is 59.9 Å². The summed E-state index contributed by atoms with van der Waals surface area (Å²) in [6.07, 6.45) is 1.52. The maximum Gasteiger partial charge on any atom is 0.303 e. The zero-order chi connectivity index (χ0) is 7.28. The van der Waals surface area contributed by atoms with Crippen molar-refractivity contribution in [2.45, 2.75) is 26.2 Å². The predicted octanol–water partition coefficient (Wildman–Crippen LogP) is 1.63. The van der Waals surface area contributed by atoms with Crippen LogP contribution in [0.25, 0.3) is 0 Å². The molecule has 0 heterocycles. The van der Waals surface area contributed by atoms with Crippen LogP contribution < -0.4 is 0 Å². The normalized spacial score (nSPS) is 9.00. The molecule has 0 aromatic heterocycles. The third-order valence-electron chi connectivity index (χ3n) is 1.01. The Kier molecular flexibility index (Phi) is 4.22.